The van der Waals surface area contributed by atoms with Gasteiger partial charge in [0.05, 0.1) is 7.11 Å². The number of methoxy groups -OCH3 is 1. The Kier molecular flexibility index (Phi) is 7.09. The van der Waals surface area contributed by atoms with Gasteiger partial charge in [-0.25, -0.2) is 4.79 Å². The molecule has 0 saturated carbocycles. The van der Waals surface area contributed by atoms with Crippen LogP contribution in [0.1, 0.15) is 61.0 Å². The molecule has 0 saturated heterocycles. The number of Topliss-reactive ketones (excluding diaryl/α,β-unsaturated/α-hetero) is 1. The summed E-state index contributed by atoms with van der Waals surface area (Å²) in [6.45, 7) is 15.7. The third-order valence-electron chi connectivity index (χ3n) is 5.07. The van der Waals surface area contributed by atoms with Crippen molar-refractivity contribution in [1.82, 2.24) is 4.90 Å². The number of nitrogens with zero attached hydrogens (tertiary/aromatic N) is 1. The van der Waals surface area contributed by atoms with Crippen molar-refractivity contribution in [2.75, 3.05) is 13.7 Å². The Morgan fingerprint density at radius 1 is 0.935 bits per heavy atom. The summed E-state index contributed by atoms with van der Waals surface area (Å²) in [6, 6.07) is 11.9. The highest BCUT2D eigenvalue weighted by atomic mass is 16.6. The van der Waals surface area contributed by atoms with E-state index in [4.69, 9.17) is 9.47 Å². The summed E-state index contributed by atoms with van der Waals surface area (Å²) in [5.74, 6) is 0.891. The summed E-state index contributed by atoms with van der Waals surface area (Å²) < 4.78 is 11.0. The fourth-order valence-electron chi connectivity index (χ4n) is 3.87. The maximum absolute atomic E-state index is 13.1. The standard InChI is InChI=1S/C26H37NO4/c1-24(2,3)22(28)26(7,8)17-27(23(29)31-25(4,5)6)16-19-12-10-11-18-15-20(30-9)13-14-21(18)19/h10-15H,16-17H2,1-9H3. The molecule has 0 aliphatic carbocycles. The van der Waals surface area contributed by atoms with E-state index in [1.807, 2.05) is 91.8 Å². The van der Waals surface area contributed by atoms with Gasteiger partial charge in [-0.1, -0.05) is 58.9 Å². The molecular formula is C26H37NO4. The van der Waals surface area contributed by atoms with Crippen LogP contribution in [-0.4, -0.2) is 36.0 Å². The van der Waals surface area contributed by atoms with E-state index >= 15 is 0 Å². The molecule has 0 aliphatic rings. The van der Waals surface area contributed by atoms with E-state index in [1.54, 1.807) is 12.0 Å². The minimum absolute atomic E-state index is 0.108. The van der Waals surface area contributed by atoms with E-state index in [0.717, 1.165) is 22.1 Å². The van der Waals surface area contributed by atoms with Gasteiger partial charge >= 0.3 is 6.09 Å². The number of carbonyl (C=O) groups is 2. The molecule has 0 aromatic heterocycles. The van der Waals surface area contributed by atoms with E-state index < -0.39 is 22.5 Å². The van der Waals surface area contributed by atoms with Crippen molar-refractivity contribution in [1.29, 1.82) is 0 Å². The van der Waals surface area contributed by atoms with Gasteiger partial charge in [-0.2, -0.15) is 0 Å². The molecule has 31 heavy (non-hydrogen) atoms. The van der Waals surface area contributed by atoms with Gasteiger partial charge in [-0.05, 0) is 49.2 Å². The van der Waals surface area contributed by atoms with Gasteiger partial charge in [0.25, 0.3) is 0 Å². The molecule has 0 N–H and O–H groups in total. The summed E-state index contributed by atoms with van der Waals surface area (Å²) in [7, 11) is 1.64. The van der Waals surface area contributed by atoms with Crippen molar-refractivity contribution in [2.24, 2.45) is 10.8 Å². The Hall–Kier alpha value is -2.56. The van der Waals surface area contributed by atoms with Crippen LogP contribution < -0.4 is 4.74 Å². The smallest absolute Gasteiger partial charge is 0.410 e. The predicted octanol–water partition coefficient (Wildman–Crippen LogP) is 6.23. The second kappa shape index (κ2) is 8.89. The number of rotatable bonds is 6. The van der Waals surface area contributed by atoms with Crippen molar-refractivity contribution in [3.63, 3.8) is 0 Å². The molecule has 0 fully saturated rings. The average Bonchev–Trinajstić information content (AvgIpc) is 2.64. The minimum Gasteiger partial charge on any atom is -0.497 e. The highest BCUT2D eigenvalue weighted by molar-refractivity contribution is 5.90. The molecular weight excluding hydrogens is 390 g/mol. The molecule has 0 bridgehead atoms. The molecule has 0 aliphatic heterocycles. The normalized spacial score (nSPS) is 12.5. The first kappa shape index (κ1) is 24.7. The first-order valence-corrected chi connectivity index (χ1v) is 10.7. The monoisotopic (exact) mass is 427 g/mol. The van der Waals surface area contributed by atoms with Crippen molar-refractivity contribution in [2.45, 2.75) is 67.5 Å². The molecule has 2 aromatic rings. The van der Waals surface area contributed by atoms with Crippen LogP contribution in [-0.2, 0) is 16.1 Å². The molecule has 0 radical (unpaired) electrons. The molecule has 0 unspecified atom stereocenters. The topological polar surface area (TPSA) is 55.8 Å². The third kappa shape index (κ3) is 6.46. The van der Waals surface area contributed by atoms with Crippen LogP contribution in [0, 0.1) is 10.8 Å². The summed E-state index contributed by atoms with van der Waals surface area (Å²) >= 11 is 0. The Morgan fingerprint density at radius 3 is 2.13 bits per heavy atom. The summed E-state index contributed by atoms with van der Waals surface area (Å²) in [6.07, 6.45) is -0.423. The van der Waals surface area contributed by atoms with Gasteiger partial charge in [0, 0.05) is 23.9 Å². The van der Waals surface area contributed by atoms with Gasteiger partial charge in [0.2, 0.25) is 0 Å². The largest absolute Gasteiger partial charge is 0.497 e. The third-order valence-corrected chi connectivity index (χ3v) is 5.07. The zero-order valence-corrected chi connectivity index (χ0v) is 20.5. The number of amides is 1. The van der Waals surface area contributed by atoms with Crippen molar-refractivity contribution >= 4 is 22.6 Å². The van der Waals surface area contributed by atoms with Crippen LogP contribution >= 0.6 is 0 Å². The quantitative estimate of drug-likeness (QED) is 0.548. The zero-order valence-electron chi connectivity index (χ0n) is 20.5. The van der Waals surface area contributed by atoms with E-state index in [2.05, 4.69) is 0 Å². The number of ketones is 1. The predicted molar refractivity (Wildman–Crippen MR) is 125 cm³/mol. The van der Waals surface area contributed by atoms with Crippen LogP contribution in [0.4, 0.5) is 4.79 Å². The minimum atomic E-state index is -0.719. The van der Waals surface area contributed by atoms with E-state index in [-0.39, 0.29) is 12.3 Å². The number of ether oxygens (including phenoxy) is 2. The Labute approximate surface area is 186 Å². The van der Waals surface area contributed by atoms with Gasteiger partial charge in [-0.15, -0.1) is 0 Å². The first-order valence-electron chi connectivity index (χ1n) is 10.7. The van der Waals surface area contributed by atoms with Gasteiger partial charge in [-0.3, -0.25) is 4.79 Å². The van der Waals surface area contributed by atoms with Crippen LogP contribution in [0.3, 0.4) is 0 Å². The lowest BCUT2D eigenvalue weighted by Crippen LogP contribution is -2.47. The molecule has 0 atom stereocenters. The van der Waals surface area contributed by atoms with Crippen LogP contribution in [0.5, 0.6) is 5.75 Å². The molecule has 0 spiro atoms. The van der Waals surface area contributed by atoms with Crippen molar-refractivity contribution in [3.8, 4) is 5.75 Å². The number of carbonyl (C=O) groups excluding carboxylic acids is 2. The summed E-state index contributed by atoms with van der Waals surface area (Å²) in [5, 5.41) is 2.07. The molecule has 0 heterocycles. The molecule has 5 heteroatoms. The maximum atomic E-state index is 13.1. The number of hydrogen-bond acceptors (Lipinski definition) is 4. The highest BCUT2D eigenvalue weighted by Crippen LogP contribution is 2.32. The Bertz CT molecular complexity index is 948. The first-order chi connectivity index (χ1) is 14.1. The fraction of sp³-hybridized carbons (Fsp3) is 0.538. The molecule has 170 valence electrons. The Balaban J connectivity index is 2.43. The lowest BCUT2D eigenvalue weighted by Gasteiger charge is -2.36. The number of hydrogen-bond donors (Lipinski definition) is 0. The lowest BCUT2D eigenvalue weighted by molar-refractivity contribution is -0.135. The second-order valence-corrected chi connectivity index (χ2v) is 10.8. The average molecular weight is 428 g/mol. The number of fused-ring (bicyclic) bond motifs is 1. The van der Waals surface area contributed by atoms with Crippen LogP contribution in [0.25, 0.3) is 10.8 Å². The Morgan fingerprint density at radius 2 is 1.58 bits per heavy atom. The summed E-state index contributed by atoms with van der Waals surface area (Å²) in [4.78, 5) is 27.8. The molecule has 1 amide bonds. The number of benzene rings is 2. The zero-order chi connectivity index (χ0) is 23.6. The van der Waals surface area contributed by atoms with Gasteiger partial charge in [0.1, 0.15) is 17.1 Å². The van der Waals surface area contributed by atoms with Gasteiger partial charge in [0.15, 0.2) is 0 Å². The lowest BCUT2D eigenvalue weighted by atomic mass is 9.74. The second-order valence-electron chi connectivity index (χ2n) is 10.8. The summed E-state index contributed by atoms with van der Waals surface area (Å²) in [5.41, 5.74) is -0.855. The SMILES string of the molecule is COc1ccc2c(CN(CC(C)(C)C(=O)C(C)(C)C)C(=O)OC(C)(C)C)cccc2c1. The van der Waals surface area contributed by atoms with Crippen molar-refractivity contribution in [3.05, 3.63) is 42.0 Å². The van der Waals surface area contributed by atoms with E-state index in [0.29, 0.717) is 6.54 Å². The highest BCUT2D eigenvalue weighted by Gasteiger charge is 2.39. The van der Waals surface area contributed by atoms with Crippen LogP contribution in [0.2, 0.25) is 0 Å². The maximum Gasteiger partial charge on any atom is 0.410 e. The van der Waals surface area contributed by atoms with Crippen molar-refractivity contribution < 1.29 is 19.1 Å². The fourth-order valence-corrected chi connectivity index (χ4v) is 3.87. The molecule has 2 aromatic carbocycles. The van der Waals surface area contributed by atoms with E-state index in [1.165, 1.54) is 0 Å². The molecule has 2 rings (SSSR count). The molecule has 5 nitrogen and oxygen atoms in total. The van der Waals surface area contributed by atoms with E-state index in [9.17, 15) is 9.59 Å². The van der Waals surface area contributed by atoms with Gasteiger partial charge < -0.3 is 14.4 Å². The van der Waals surface area contributed by atoms with Crippen LogP contribution in [0.15, 0.2) is 36.4 Å².